The van der Waals surface area contributed by atoms with Gasteiger partial charge in [-0.2, -0.15) is 0 Å². The number of anilines is 4. The fraction of sp³-hybridized carbons (Fsp3) is 0.625. The van der Waals surface area contributed by atoms with E-state index in [9.17, 15) is 9.59 Å². The van der Waals surface area contributed by atoms with Crippen molar-refractivity contribution < 1.29 is 14.3 Å². The van der Waals surface area contributed by atoms with Gasteiger partial charge in [0, 0.05) is 109 Å². The van der Waals surface area contributed by atoms with Crippen molar-refractivity contribution in [2.75, 3.05) is 87.1 Å². The summed E-state index contributed by atoms with van der Waals surface area (Å²) in [5, 5.41) is 0. The summed E-state index contributed by atoms with van der Waals surface area (Å²) in [6.07, 6.45) is 11.3. The van der Waals surface area contributed by atoms with E-state index in [4.69, 9.17) is 14.7 Å². The van der Waals surface area contributed by atoms with Crippen LogP contribution in [0.5, 0.6) is 5.75 Å². The summed E-state index contributed by atoms with van der Waals surface area (Å²) in [4.78, 5) is 53.2. The van der Waals surface area contributed by atoms with E-state index in [1.165, 1.54) is 31.2 Å². The molecule has 76 heavy (non-hydrogen) atoms. The van der Waals surface area contributed by atoms with Crippen LogP contribution in [-0.2, 0) is 16.1 Å². The van der Waals surface area contributed by atoms with Gasteiger partial charge in [0.15, 0.2) is 0 Å². The maximum Gasteiger partial charge on any atom is 0.249 e. The second-order valence-corrected chi connectivity index (χ2v) is 19.4. The number of carbonyl (C=O) groups excluding carboxylic acids is 2. The number of carbonyl (C=O) groups is 2. The molecule has 2 atom stereocenters. The highest BCUT2D eigenvalue weighted by atomic mass is 16.5. The van der Waals surface area contributed by atoms with Gasteiger partial charge in [0.25, 0.3) is 0 Å². The lowest BCUT2D eigenvalue weighted by molar-refractivity contribution is -0.125. The van der Waals surface area contributed by atoms with Gasteiger partial charge in [-0.1, -0.05) is 157 Å². The molecule has 0 radical (unpaired) electrons. The smallest absolute Gasteiger partial charge is 0.249 e. The molecular weight excluding hydrogens is 943 g/mol. The summed E-state index contributed by atoms with van der Waals surface area (Å²) in [6.45, 7) is 34.5. The highest BCUT2D eigenvalue weighted by molar-refractivity contribution is 6.07. The quantitative estimate of drug-likeness (QED) is 0.153. The van der Waals surface area contributed by atoms with Crippen molar-refractivity contribution in [3.8, 4) is 5.75 Å². The Hall–Kier alpha value is -5.04. The van der Waals surface area contributed by atoms with Gasteiger partial charge in [-0.25, -0.2) is 9.97 Å². The number of benzene rings is 2. The summed E-state index contributed by atoms with van der Waals surface area (Å²) in [5.74, 6) is 3.31. The van der Waals surface area contributed by atoms with Gasteiger partial charge in [-0.15, -0.1) is 0 Å². The van der Waals surface area contributed by atoms with E-state index in [0.717, 1.165) is 136 Å². The number of hydrogen-bond donors (Lipinski definition) is 0. The molecule has 2 saturated heterocycles. The van der Waals surface area contributed by atoms with Gasteiger partial charge in [0.05, 0.1) is 11.4 Å². The van der Waals surface area contributed by atoms with E-state index < -0.39 is 0 Å². The molecule has 10 rings (SSSR count). The number of nitrogens with zero attached hydrogens (tertiary/aromatic N) is 9. The minimum absolute atomic E-state index is 0.194. The van der Waals surface area contributed by atoms with E-state index in [2.05, 4.69) is 76.8 Å². The number of hydrogen-bond acceptors (Lipinski definition) is 10. The van der Waals surface area contributed by atoms with Crippen LogP contribution in [0, 0.1) is 13.8 Å². The van der Waals surface area contributed by atoms with Crippen molar-refractivity contribution in [2.45, 2.75) is 198 Å². The zero-order valence-corrected chi connectivity index (χ0v) is 51.1. The predicted molar refractivity (Wildman–Crippen MR) is 325 cm³/mol. The summed E-state index contributed by atoms with van der Waals surface area (Å²) in [5.41, 5.74) is 7.72. The zero-order chi connectivity index (χ0) is 56.5. The van der Waals surface area contributed by atoms with E-state index >= 15 is 0 Å². The summed E-state index contributed by atoms with van der Waals surface area (Å²) in [6, 6.07) is 25.2. The Kier molecular flexibility index (Phi) is 29.2. The number of likely N-dealkylation sites (tertiary alicyclic amines) is 1. The Morgan fingerprint density at radius 1 is 0.500 bits per heavy atom. The van der Waals surface area contributed by atoms with Crippen molar-refractivity contribution >= 4 is 34.8 Å². The zero-order valence-electron chi connectivity index (χ0n) is 51.1. The fourth-order valence-electron chi connectivity index (χ4n) is 11.4. The number of piperidine rings is 1. The molecule has 2 aromatic heterocycles. The monoisotopic (exact) mass is 1050 g/mol. The number of ether oxygens (including phenoxy) is 1. The minimum Gasteiger partial charge on any atom is -0.490 e. The maximum absolute atomic E-state index is 13.9. The Balaban J connectivity index is 0.000000335. The molecule has 0 unspecified atom stereocenters. The molecule has 12 heteroatoms. The second kappa shape index (κ2) is 34.0. The maximum atomic E-state index is 13.9. The number of rotatable bonds is 10. The van der Waals surface area contributed by atoms with Crippen LogP contribution in [0.2, 0.25) is 0 Å². The van der Waals surface area contributed by atoms with Crippen molar-refractivity contribution in [3.05, 3.63) is 101 Å². The number of pyridine rings is 2. The van der Waals surface area contributed by atoms with Crippen LogP contribution in [0.3, 0.4) is 0 Å². The fourth-order valence-corrected chi connectivity index (χ4v) is 11.4. The molecule has 0 spiro atoms. The van der Waals surface area contributed by atoms with Gasteiger partial charge in [-0.05, 0) is 82.2 Å². The number of aryl methyl sites for hydroxylation is 2. The number of amides is 2. The van der Waals surface area contributed by atoms with E-state index in [0.29, 0.717) is 12.1 Å². The SMILES string of the molecule is CC.CC.CC.CC.CC.CC.Cc1cc2c(c(N(C)C)n1)[C@@H](N1CCC(Oc3ccccc3)CC1)C(=O)N2C1CCCC1.Cc1cc2c(c(N(C)C)n1)[C@@H](N1CCN(Cc3ccccc3)CC1)C(=O)N2C1CCCC1. The lowest BCUT2D eigenvalue weighted by atomic mass is 10.0. The van der Waals surface area contributed by atoms with Crippen molar-refractivity contribution in [1.82, 2.24) is 24.7 Å². The molecule has 4 aliphatic heterocycles. The van der Waals surface area contributed by atoms with Crippen molar-refractivity contribution in [1.29, 1.82) is 0 Å². The predicted octanol–water partition coefficient (Wildman–Crippen LogP) is 14.1. The first-order chi connectivity index (χ1) is 37.0. The van der Waals surface area contributed by atoms with Crippen LogP contribution < -0.4 is 24.3 Å². The van der Waals surface area contributed by atoms with Gasteiger partial charge in [0.2, 0.25) is 11.8 Å². The lowest BCUT2D eigenvalue weighted by Gasteiger charge is -2.38. The molecule has 424 valence electrons. The third-order valence-corrected chi connectivity index (χ3v) is 14.4. The Morgan fingerprint density at radius 2 is 0.868 bits per heavy atom. The second-order valence-electron chi connectivity index (χ2n) is 19.4. The molecule has 6 aliphatic rings. The number of piperazine rings is 1. The number of fused-ring (bicyclic) bond motifs is 2. The highest BCUT2D eigenvalue weighted by Crippen LogP contribution is 2.49. The molecular formula is C64H105N9O3. The molecule has 2 saturated carbocycles. The molecule has 2 amide bonds. The molecule has 6 heterocycles. The average Bonchev–Trinajstić information content (AvgIpc) is 4.30. The summed E-state index contributed by atoms with van der Waals surface area (Å²) < 4.78 is 6.20. The van der Waals surface area contributed by atoms with Crippen LogP contribution in [-0.4, -0.2) is 122 Å². The molecule has 0 N–H and O–H groups in total. The average molecular weight is 1050 g/mol. The normalized spacial score (nSPS) is 19.4. The van der Waals surface area contributed by atoms with E-state index in [1.807, 2.05) is 155 Å². The van der Waals surface area contributed by atoms with Crippen LogP contribution in [0.4, 0.5) is 23.0 Å². The Morgan fingerprint density at radius 3 is 1.25 bits per heavy atom. The third-order valence-electron chi connectivity index (χ3n) is 14.4. The van der Waals surface area contributed by atoms with Gasteiger partial charge >= 0.3 is 0 Å². The first-order valence-electron chi connectivity index (χ1n) is 30.1. The molecule has 2 aliphatic carbocycles. The van der Waals surface area contributed by atoms with Gasteiger partial charge in [0.1, 0.15) is 35.6 Å². The summed E-state index contributed by atoms with van der Waals surface area (Å²) >= 11 is 0. The van der Waals surface area contributed by atoms with Gasteiger partial charge < -0.3 is 24.3 Å². The Bertz CT molecular complexity index is 2090. The number of aromatic nitrogens is 2. The standard InChI is InChI=1S/C26H35N5O.C26H34N4O2.6C2H6/c1-19-17-22-23(25(27-19)28(2)3)24(26(32)31(22)21-11-7-8-12-21)30-15-13-29(14-16-30)18-20-9-5-4-6-10-20;1-18-17-22-23(25(27-18)28(2)3)24(26(31)30(22)19-9-7-8-10-19)29-15-13-21(14-16-29)32-20-11-5-4-6-12-20;6*1-2/h4-6,9-10,17,21,24H,7-8,11-16,18H2,1-3H3;4-6,11-12,17,19,21,24H,7-10,13-16H2,1-3H3;6*1-2H3/t2*24-;;;;;;/m11....../s1. The molecule has 4 aromatic rings. The molecule has 4 fully saturated rings. The molecule has 0 bridgehead atoms. The molecule has 2 aromatic carbocycles. The lowest BCUT2D eigenvalue weighted by Crippen LogP contribution is -2.50. The van der Waals surface area contributed by atoms with Crippen molar-refractivity contribution in [3.63, 3.8) is 0 Å². The van der Waals surface area contributed by atoms with Crippen LogP contribution in [0.25, 0.3) is 0 Å². The Labute approximate surface area is 463 Å². The third kappa shape index (κ3) is 16.0. The van der Waals surface area contributed by atoms with Crippen LogP contribution in [0.1, 0.15) is 187 Å². The van der Waals surface area contributed by atoms with E-state index in [1.54, 1.807) is 0 Å². The topological polar surface area (TPSA) is 91.8 Å². The van der Waals surface area contributed by atoms with Crippen LogP contribution >= 0.6 is 0 Å². The van der Waals surface area contributed by atoms with Gasteiger partial charge in [-0.3, -0.25) is 24.3 Å². The highest BCUT2D eigenvalue weighted by Gasteiger charge is 2.49. The molecule has 12 nitrogen and oxygen atoms in total. The minimum atomic E-state index is -0.242. The first-order valence-corrected chi connectivity index (χ1v) is 30.1. The largest absolute Gasteiger partial charge is 0.490 e. The van der Waals surface area contributed by atoms with E-state index in [-0.39, 0.29) is 30.0 Å². The first kappa shape index (κ1) is 65.2. The summed E-state index contributed by atoms with van der Waals surface area (Å²) in [7, 11) is 8.14. The number of para-hydroxylation sites is 1. The van der Waals surface area contributed by atoms with Crippen molar-refractivity contribution in [2.24, 2.45) is 0 Å². The van der Waals surface area contributed by atoms with Crippen LogP contribution in [0.15, 0.2) is 72.8 Å².